The first-order valence-electron chi connectivity index (χ1n) is 8.96. The van der Waals surface area contributed by atoms with Gasteiger partial charge in [-0.25, -0.2) is 0 Å². The van der Waals surface area contributed by atoms with E-state index in [-0.39, 0.29) is 24.4 Å². The van der Waals surface area contributed by atoms with Gasteiger partial charge in [-0.2, -0.15) is 0 Å². The molecule has 156 valence electrons. The van der Waals surface area contributed by atoms with Crippen LogP contribution in [0.4, 0.5) is 0 Å². The first-order valence-corrected chi connectivity index (χ1v) is 8.96. The van der Waals surface area contributed by atoms with E-state index in [0.717, 1.165) is 5.56 Å². The SMILES string of the molecule is COc1cc(CCC(=O)OCC(=O)N(C)CC(=O)NC(C)(C)C)cc(OC)c1. The molecule has 1 aromatic rings. The smallest absolute Gasteiger partial charge is 0.306 e. The van der Waals surface area contributed by atoms with Gasteiger partial charge in [-0.1, -0.05) is 0 Å². The number of aryl methyl sites for hydroxylation is 1. The van der Waals surface area contributed by atoms with Crippen molar-refractivity contribution in [3.8, 4) is 11.5 Å². The number of rotatable bonds is 9. The molecule has 0 bridgehead atoms. The zero-order chi connectivity index (χ0) is 21.3. The van der Waals surface area contributed by atoms with Crippen LogP contribution in [0.5, 0.6) is 11.5 Å². The number of amides is 2. The maximum atomic E-state index is 12.0. The molecule has 0 heterocycles. The van der Waals surface area contributed by atoms with Crippen molar-refractivity contribution < 1.29 is 28.6 Å². The summed E-state index contributed by atoms with van der Waals surface area (Å²) in [5.74, 6) is 0.0471. The fourth-order valence-corrected chi connectivity index (χ4v) is 2.34. The minimum absolute atomic E-state index is 0.0999. The lowest BCUT2D eigenvalue weighted by Gasteiger charge is -2.23. The Kier molecular flexibility index (Phi) is 8.76. The summed E-state index contributed by atoms with van der Waals surface area (Å²) >= 11 is 0. The second kappa shape index (κ2) is 10.5. The lowest BCUT2D eigenvalue weighted by Crippen LogP contribution is -2.46. The molecule has 0 unspecified atom stereocenters. The van der Waals surface area contributed by atoms with E-state index in [9.17, 15) is 14.4 Å². The van der Waals surface area contributed by atoms with Crippen LogP contribution in [0.1, 0.15) is 32.8 Å². The van der Waals surface area contributed by atoms with Gasteiger partial charge < -0.3 is 24.4 Å². The molecule has 0 spiro atoms. The molecule has 0 radical (unpaired) electrons. The highest BCUT2D eigenvalue weighted by Crippen LogP contribution is 2.23. The van der Waals surface area contributed by atoms with Crippen LogP contribution in [0.2, 0.25) is 0 Å². The van der Waals surface area contributed by atoms with Crippen LogP contribution < -0.4 is 14.8 Å². The minimum Gasteiger partial charge on any atom is -0.497 e. The van der Waals surface area contributed by atoms with Gasteiger partial charge in [0.15, 0.2) is 6.61 Å². The second-order valence-electron chi connectivity index (χ2n) is 7.43. The Hall–Kier alpha value is -2.77. The van der Waals surface area contributed by atoms with E-state index in [2.05, 4.69) is 5.32 Å². The third-order valence-electron chi connectivity index (χ3n) is 3.71. The number of hydrogen-bond donors (Lipinski definition) is 1. The average Bonchev–Trinajstić information content (AvgIpc) is 2.62. The molecule has 0 saturated carbocycles. The highest BCUT2D eigenvalue weighted by Gasteiger charge is 2.18. The molecule has 1 aromatic carbocycles. The lowest BCUT2D eigenvalue weighted by atomic mass is 10.1. The van der Waals surface area contributed by atoms with Gasteiger partial charge >= 0.3 is 5.97 Å². The molecular weight excluding hydrogens is 364 g/mol. The second-order valence-corrected chi connectivity index (χ2v) is 7.43. The first-order chi connectivity index (χ1) is 13.0. The molecule has 2 amide bonds. The summed E-state index contributed by atoms with van der Waals surface area (Å²) in [5, 5.41) is 2.77. The van der Waals surface area contributed by atoms with E-state index in [0.29, 0.717) is 17.9 Å². The standard InChI is InChI=1S/C20H30N2O6/c1-20(2,3)21-17(23)12-22(4)18(24)13-28-19(25)8-7-14-9-15(26-5)11-16(10-14)27-6/h9-11H,7-8,12-13H2,1-6H3,(H,21,23). The van der Waals surface area contributed by atoms with Crippen molar-refractivity contribution in [1.29, 1.82) is 0 Å². The largest absolute Gasteiger partial charge is 0.497 e. The third-order valence-corrected chi connectivity index (χ3v) is 3.71. The molecule has 0 aliphatic heterocycles. The predicted molar refractivity (Wildman–Crippen MR) is 104 cm³/mol. The van der Waals surface area contributed by atoms with Gasteiger partial charge in [-0.15, -0.1) is 0 Å². The number of benzene rings is 1. The van der Waals surface area contributed by atoms with Gasteiger partial charge in [-0.05, 0) is 44.9 Å². The maximum absolute atomic E-state index is 12.0. The van der Waals surface area contributed by atoms with Crippen molar-refractivity contribution in [2.45, 2.75) is 39.2 Å². The highest BCUT2D eigenvalue weighted by atomic mass is 16.5. The molecule has 0 fully saturated rings. The van der Waals surface area contributed by atoms with Crippen LogP contribution in [0.3, 0.4) is 0 Å². The molecule has 28 heavy (non-hydrogen) atoms. The zero-order valence-electron chi connectivity index (χ0n) is 17.5. The van der Waals surface area contributed by atoms with Crippen molar-refractivity contribution in [3.63, 3.8) is 0 Å². The highest BCUT2D eigenvalue weighted by molar-refractivity contribution is 5.86. The Bertz CT molecular complexity index is 674. The molecule has 0 saturated heterocycles. The van der Waals surface area contributed by atoms with E-state index in [1.807, 2.05) is 32.9 Å². The van der Waals surface area contributed by atoms with Gasteiger partial charge in [0.25, 0.3) is 5.91 Å². The van der Waals surface area contributed by atoms with Gasteiger partial charge in [-0.3, -0.25) is 14.4 Å². The van der Waals surface area contributed by atoms with Crippen LogP contribution in [0.25, 0.3) is 0 Å². The normalized spacial score (nSPS) is 10.8. The molecule has 1 rings (SSSR count). The number of hydrogen-bond acceptors (Lipinski definition) is 6. The number of nitrogens with one attached hydrogen (secondary N) is 1. The molecule has 1 N–H and O–H groups in total. The van der Waals surface area contributed by atoms with Crippen LogP contribution in [0.15, 0.2) is 18.2 Å². The van der Waals surface area contributed by atoms with Gasteiger partial charge in [0.1, 0.15) is 11.5 Å². The van der Waals surface area contributed by atoms with Crippen molar-refractivity contribution >= 4 is 17.8 Å². The van der Waals surface area contributed by atoms with E-state index < -0.39 is 18.5 Å². The lowest BCUT2D eigenvalue weighted by molar-refractivity contribution is -0.152. The van der Waals surface area contributed by atoms with Crippen LogP contribution in [-0.4, -0.2) is 62.6 Å². The molecule has 0 aliphatic carbocycles. The number of nitrogens with zero attached hydrogens (tertiary/aromatic N) is 1. The number of carbonyl (C=O) groups excluding carboxylic acids is 3. The molecule has 8 heteroatoms. The van der Waals surface area contributed by atoms with Gasteiger partial charge in [0, 0.05) is 25.1 Å². The summed E-state index contributed by atoms with van der Waals surface area (Å²) in [5.41, 5.74) is 0.478. The summed E-state index contributed by atoms with van der Waals surface area (Å²) < 4.78 is 15.4. The molecular formula is C20H30N2O6. The summed E-state index contributed by atoms with van der Waals surface area (Å²) in [6, 6.07) is 5.36. The number of carbonyl (C=O) groups is 3. The third kappa shape index (κ3) is 8.75. The number of esters is 1. The van der Waals surface area contributed by atoms with Crippen LogP contribution in [-0.2, 0) is 25.5 Å². The molecule has 0 atom stereocenters. The summed E-state index contributed by atoms with van der Waals surface area (Å²) in [4.78, 5) is 37.0. The van der Waals surface area contributed by atoms with E-state index in [1.165, 1.54) is 11.9 Å². The maximum Gasteiger partial charge on any atom is 0.306 e. The summed E-state index contributed by atoms with van der Waals surface area (Å²) in [6.45, 7) is 5.06. The molecule has 0 aromatic heterocycles. The topological polar surface area (TPSA) is 94.2 Å². The van der Waals surface area contributed by atoms with Gasteiger partial charge in [0.2, 0.25) is 5.91 Å². The zero-order valence-corrected chi connectivity index (χ0v) is 17.5. The van der Waals surface area contributed by atoms with Crippen molar-refractivity contribution in [2.24, 2.45) is 0 Å². The molecule has 0 aliphatic rings. The Balaban J connectivity index is 2.43. The summed E-state index contributed by atoms with van der Waals surface area (Å²) in [7, 11) is 4.59. The monoisotopic (exact) mass is 394 g/mol. The minimum atomic E-state index is -0.498. The first kappa shape index (κ1) is 23.3. The number of likely N-dealkylation sites (N-methyl/N-ethyl adjacent to an activating group) is 1. The quantitative estimate of drug-likeness (QED) is 0.639. The Morgan fingerprint density at radius 2 is 1.61 bits per heavy atom. The van der Waals surface area contributed by atoms with E-state index in [1.54, 1.807) is 20.3 Å². The predicted octanol–water partition coefficient (Wildman–Crippen LogP) is 1.55. The Labute approximate surface area is 166 Å². The van der Waals surface area contributed by atoms with Crippen molar-refractivity contribution in [3.05, 3.63) is 23.8 Å². The van der Waals surface area contributed by atoms with Crippen molar-refractivity contribution in [2.75, 3.05) is 34.4 Å². The Morgan fingerprint density at radius 3 is 2.11 bits per heavy atom. The fraction of sp³-hybridized carbons (Fsp3) is 0.550. The fourth-order valence-electron chi connectivity index (χ4n) is 2.34. The molecule has 8 nitrogen and oxygen atoms in total. The van der Waals surface area contributed by atoms with E-state index in [4.69, 9.17) is 14.2 Å². The van der Waals surface area contributed by atoms with Crippen LogP contribution in [0, 0.1) is 0 Å². The Morgan fingerprint density at radius 1 is 1.04 bits per heavy atom. The van der Waals surface area contributed by atoms with Gasteiger partial charge in [0.05, 0.1) is 20.8 Å². The van der Waals surface area contributed by atoms with E-state index >= 15 is 0 Å². The number of ether oxygens (including phenoxy) is 3. The average molecular weight is 394 g/mol. The van der Waals surface area contributed by atoms with Crippen molar-refractivity contribution in [1.82, 2.24) is 10.2 Å². The van der Waals surface area contributed by atoms with Crippen LogP contribution >= 0.6 is 0 Å². The summed E-state index contributed by atoms with van der Waals surface area (Å²) in [6.07, 6.45) is 0.530. The number of methoxy groups -OCH3 is 2.